The van der Waals surface area contributed by atoms with Crippen LogP contribution in [0.4, 0.5) is 10.6 Å². The number of fused-ring (bicyclic) bond motifs is 3. The SMILES string of the molecule is CCNC(=O)[C@H]1O[C@@H](n2cnc3c(NC(=O)NC4CCCCC4)ncnc32)[C@H]2OC3(Cc4ccccc4C3)OC12. The Bertz CT molecular complexity index is 1410. The molecule has 210 valence electrons. The van der Waals surface area contributed by atoms with Crippen molar-refractivity contribution in [3.63, 3.8) is 0 Å². The highest BCUT2D eigenvalue weighted by molar-refractivity contribution is 5.96. The second-order valence-corrected chi connectivity index (χ2v) is 11.0. The molecule has 12 nitrogen and oxygen atoms in total. The number of urea groups is 1. The highest BCUT2D eigenvalue weighted by atomic mass is 16.8. The zero-order valence-electron chi connectivity index (χ0n) is 22.3. The minimum atomic E-state index is -0.865. The van der Waals surface area contributed by atoms with E-state index in [0.29, 0.717) is 36.4 Å². The minimum absolute atomic E-state index is 0.159. The molecule has 3 fully saturated rings. The predicted molar refractivity (Wildman–Crippen MR) is 143 cm³/mol. The molecule has 4 atom stereocenters. The van der Waals surface area contributed by atoms with Crippen molar-refractivity contribution in [2.24, 2.45) is 0 Å². The molecule has 2 saturated heterocycles. The summed E-state index contributed by atoms with van der Waals surface area (Å²) >= 11 is 0. The summed E-state index contributed by atoms with van der Waals surface area (Å²) in [5.41, 5.74) is 3.24. The Morgan fingerprint density at radius 3 is 2.52 bits per heavy atom. The molecule has 3 amide bonds. The zero-order valence-corrected chi connectivity index (χ0v) is 22.3. The van der Waals surface area contributed by atoms with Crippen LogP contribution in [-0.4, -0.2) is 68.1 Å². The molecular weight excluding hydrogens is 514 g/mol. The van der Waals surface area contributed by atoms with E-state index in [9.17, 15) is 9.59 Å². The lowest BCUT2D eigenvalue weighted by Crippen LogP contribution is -2.43. The molecule has 0 bridgehead atoms. The molecule has 7 rings (SSSR count). The Morgan fingerprint density at radius 1 is 1.02 bits per heavy atom. The van der Waals surface area contributed by atoms with Crippen LogP contribution in [0.5, 0.6) is 0 Å². The number of amides is 3. The molecule has 2 aliphatic heterocycles. The van der Waals surface area contributed by atoms with E-state index >= 15 is 0 Å². The van der Waals surface area contributed by atoms with Crippen molar-refractivity contribution < 1.29 is 23.8 Å². The van der Waals surface area contributed by atoms with Gasteiger partial charge in [0.25, 0.3) is 5.91 Å². The lowest BCUT2D eigenvalue weighted by molar-refractivity contribution is -0.210. The van der Waals surface area contributed by atoms with Gasteiger partial charge in [0.1, 0.15) is 18.5 Å². The summed E-state index contributed by atoms with van der Waals surface area (Å²) in [4.78, 5) is 39.0. The molecule has 12 heteroatoms. The third kappa shape index (κ3) is 4.40. The fraction of sp³-hybridized carbons (Fsp3) is 0.536. The molecule has 3 aromatic rings. The second-order valence-electron chi connectivity index (χ2n) is 11.0. The van der Waals surface area contributed by atoms with Gasteiger partial charge >= 0.3 is 6.03 Å². The standard InChI is InChI=1S/C28H33N7O5/c1-2-29-25(36)21-20-22(40-28(39-20)12-16-8-6-7-9-17(16)13-28)26(38-21)35-15-32-19-23(30-14-31-24(19)35)34-27(37)33-18-10-4-3-5-11-18/h6-9,14-15,18,20-22,26H,2-5,10-13H2,1H3,(H,29,36)(H2,30,31,33,34,37)/t20?,21-,22-,26+/m0/s1. The van der Waals surface area contributed by atoms with Gasteiger partial charge in [-0.1, -0.05) is 43.5 Å². The minimum Gasteiger partial charge on any atom is -0.354 e. The first-order valence-corrected chi connectivity index (χ1v) is 14.1. The summed E-state index contributed by atoms with van der Waals surface area (Å²) in [7, 11) is 0. The van der Waals surface area contributed by atoms with Crippen molar-refractivity contribution in [3.8, 4) is 0 Å². The number of carbonyl (C=O) groups is 2. The summed E-state index contributed by atoms with van der Waals surface area (Å²) < 4.78 is 21.2. The van der Waals surface area contributed by atoms with Gasteiger partial charge in [0, 0.05) is 25.4 Å². The van der Waals surface area contributed by atoms with Crippen molar-refractivity contribution in [1.29, 1.82) is 0 Å². The van der Waals surface area contributed by atoms with Crippen LogP contribution in [0.25, 0.3) is 11.2 Å². The number of nitrogens with zero attached hydrogens (tertiary/aromatic N) is 4. The summed E-state index contributed by atoms with van der Waals surface area (Å²) in [6.45, 7) is 2.33. The summed E-state index contributed by atoms with van der Waals surface area (Å²) in [6, 6.07) is 8.03. The van der Waals surface area contributed by atoms with E-state index in [4.69, 9.17) is 14.2 Å². The van der Waals surface area contributed by atoms with E-state index < -0.39 is 30.3 Å². The fourth-order valence-corrected chi connectivity index (χ4v) is 6.54. The van der Waals surface area contributed by atoms with E-state index in [1.807, 2.05) is 19.1 Å². The van der Waals surface area contributed by atoms with E-state index in [-0.39, 0.29) is 18.0 Å². The molecular formula is C28H33N7O5. The van der Waals surface area contributed by atoms with Crippen molar-refractivity contribution in [2.75, 3.05) is 11.9 Å². The van der Waals surface area contributed by atoms with Crippen LogP contribution in [0.1, 0.15) is 56.4 Å². The van der Waals surface area contributed by atoms with Gasteiger partial charge in [0.2, 0.25) is 0 Å². The monoisotopic (exact) mass is 547 g/mol. The zero-order chi connectivity index (χ0) is 27.3. The average Bonchev–Trinajstić information content (AvgIpc) is 3.70. The number of ether oxygens (including phenoxy) is 3. The molecule has 1 unspecified atom stereocenters. The fourth-order valence-electron chi connectivity index (χ4n) is 6.54. The van der Waals surface area contributed by atoms with Gasteiger partial charge in [-0.15, -0.1) is 0 Å². The van der Waals surface area contributed by atoms with Crippen molar-refractivity contribution in [2.45, 2.75) is 88.2 Å². The Hall–Kier alpha value is -3.61. The maximum absolute atomic E-state index is 13.1. The molecule has 4 aliphatic rings. The number of nitrogens with one attached hydrogen (secondary N) is 3. The van der Waals surface area contributed by atoms with Crippen LogP contribution >= 0.6 is 0 Å². The first kappa shape index (κ1) is 25.4. The normalized spacial score (nSPS) is 27.0. The Balaban J connectivity index is 1.16. The van der Waals surface area contributed by atoms with Gasteiger partial charge in [-0.3, -0.25) is 14.7 Å². The number of hydrogen-bond acceptors (Lipinski definition) is 8. The quantitative estimate of drug-likeness (QED) is 0.443. The van der Waals surface area contributed by atoms with Gasteiger partial charge in [0.15, 0.2) is 35.1 Å². The summed E-state index contributed by atoms with van der Waals surface area (Å²) in [5, 5.41) is 8.74. The van der Waals surface area contributed by atoms with E-state index in [0.717, 1.165) is 25.7 Å². The van der Waals surface area contributed by atoms with Gasteiger partial charge in [-0.05, 0) is 30.9 Å². The molecule has 1 spiro atoms. The Kier molecular flexibility index (Phi) is 6.40. The topological polar surface area (TPSA) is 142 Å². The summed E-state index contributed by atoms with van der Waals surface area (Å²) in [6.07, 6.45) is 6.80. The molecule has 1 aromatic carbocycles. The molecule has 2 aromatic heterocycles. The van der Waals surface area contributed by atoms with Crippen molar-refractivity contribution >= 4 is 28.9 Å². The maximum atomic E-state index is 13.1. The highest BCUT2D eigenvalue weighted by Gasteiger charge is 2.62. The van der Waals surface area contributed by atoms with Crippen LogP contribution in [0.15, 0.2) is 36.9 Å². The maximum Gasteiger partial charge on any atom is 0.320 e. The highest BCUT2D eigenvalue weighted by Crippen LogP contribution is 2.49. The number of imidazole rings is 1. The predicted octanol–water partition coefficient (Wildman–Crippen LogP) is 2.59. The average molecular weight is 548 g/mol. The number of carbonyl (C=O) groups excluding carboxylic acids is 2. The lowest BCUT2D eigenvalue weighted by atomic mass is 9.96. The third-order valence-corrected chi connectivity index (χ3v) is 8.34. The van der Waals surface area contributed by atoms with Crippen molar-refractivity contribution in [1.82, 2.24) is 30.2 Å². The molecule has 0 radical (unpaired) electrons. The van der Waals surface area contributed by atoms with Crippen LogP contribution in [-0.2, 0) is 31.8 Å². The number of benzene rings is 1. The third-order valence-electron chi connectivity index (χ3n) is 8.34. The number of anilines is 1. The molecule has 4 heterocycles. The first-order valence-electron chi connectivity index (χ1n) is 14.1. The van der Waals surface area contributed by atoms with Crippen LogP contribution in [0.2, 0.25) is 0 Å². The largest absolute Gasteiger partial charge is 0.354 e. The Labute approximate surface area is 231 Å². The Morgan fingerprint density at radius 2 is 1.77 bits per heavy atom. The molecule has 1 saturated carbocycles. The first-order chi connectivity index (χ1) is 19.5. The van der Waals surface area contributed by atoms with E-state index in [1.54, 1.807) is 10.9 Å². The molecule has 40 heavy (non-hydrogen) atoms. The van der Waals surface area contributed by atoms with Crippen molar-refractivity contribution in [3.05, 3.63) is 48.0 Å². The van der Waals surface area contributed by atoms with Gasteiger partial charge in [-0.25, -0.2) is 19.7 Å². The van der Waals surface area contributed by atoms with Gasteiger partial charge < -0.3 is 24.8 Å². The van der Waals surface area contributed by atoms with Crippen LogP contribution in [0, 0.1) is 0 Å². The van der Waals surface area contributed by atoms with E-state index in [1.165, 1.54) is 23.9 Å². The summed E-state index contributed by atoms with van der Waals surface area (Å²) in [5.74, 6) is -0.809. The van der Waals surface area contributed by atoms with E-state index in [2.05, 4.69) is 43.0 Å². The number of hydrogen-bond donors (Lipinski definition) is 3. The molecule has 2 aliphatic carbocycles. The van der Waals surface area contributed by atoms with Crippen LogP contribution < -0.4 is 16.0 Å². The molecule has 3 N–H and O–H groups in total. The number of rotatable bonds is 5. The van der Waals surface area contributed by atoms with Gasteiger partial charge in [-0.2, -0.15) is 0 Å². The van der Waals surface area contributed by atoms with Crippen LogP contribution in [0.3, 0.4) is 0 Å². The number of aromatic nitrogens is 4. The lowest BCUT2D eigenvalue weighted by Gasteiger charge is -2.27. The van der Waals surface area contributed by atoms with Gasteiger partial charge in [0.05, 0.1) is 6.33 Å². The smallest absolute Gasteiger partial charge is 0.320 e. The number of likely N-dealkylation sites (N-methyl/N-ethyl adjacent to an activating group) is 1. The second kappa shape index (κ2) is 10.1.